The van der Waals surface area contributed by atoms with Crippen molar-refractivity contribution in [1.82, 2.24) is 0 Å². The highest BCUT2D eigenvalue weighted by Gasteiger charge is 2.52. The Balaban J connectivity index is 1.22. The van der Waals surface area contributed by atoms with Crippen LogP contribution in [0.25, 0.3) is 0 Å². The van der Waals surface area contributed by atoms with E-state index in [-0.39, 0.29) is 0 Å². The number of rotatable bonds is 2. The Hall–Kier alpha value is 0. The van der Waals surface area contributed by atoms with Crippen molar-refractivity contribution in [3.05, 3.63) is 0 Å². The van der Waals surface area contributed by atoms with E-state index in [4.69, 9.17) is 0 Å². The molecule has 0 nitrogen and oxygen atoms in total. The summed E-state index contributed by atoms with van der Waals surface area (Å²) in [5.74, 6) is 9.37. The average Bonchev–Trinajstić information content (AvgIpc) is 3.10. The molecule has 5 aliphatic carbocycles. The topological polar surface area (TPSA) is 0 Å². The highest BCUT2D eigenvalue weighted by Crippen LogP contribution is 2.61. The van der Waals surface area contributed by atoms with Crippen molar-refractivity contribution in [2.45, 2.75) is 70.6 Å². The van der Waals surface area contributed by atoms with E-state index in [0.717, 1.165) is 23.7 Å². The van der Waals surface area contributed by atoms with Crippen molar-refractivity contribution in [2.75, 3.05) is 0 Å². The van der Waals surface area contributed by atoms with E-state index in [2.05, 4.69) is 0 Å². The molecule has 6 unspecified atom stereocenters. The van der Waals surface area contributed by atoms with Crippen molar-refractivity contribution in [2.24, 2.45) is 47.3 Å². The maximum absolute atomic E-state index is 1.65. The molecule has 0 heterocycles. The molecule has 0 saturated heterocycles. The summed E-state index contributed by atoms with van der Waals surface area (Å²) in [7, 11) is 0. The summed E-state index contributed by atoms with van der Waals surface area (Å²) in [6.07, 6.45) is 17.8. The van der Waals surface area contributed by atoms with Crippen LogP contribution in [0, 0.1) is 47.3 Å². The van der Waals surface area contributed by atoms with Gasteiger partial charge in [0.1, 0.15) is 0 Å². The third kappa shape index (κ3) is 1.84. The zero-order valence-corrected chi connectivity index (χ0v) is 12.4. The van der Waals surface area contributed by atoms with Gasteiger partial charge in [-0.3, -0.25) is 0 Å². The molecule has 5 fully saturated rings. The maximum atomic E-state index is 1.65. The molecule has 0 aromatic carbocycles. The van der Waals surface area contributed by atoms with E-state index in [9.17, 15) is 0 Å². The van der Waals surface area contributed by atoms with E-state index in [1.807, 2.05) is 0 Å². The first-order chi connectivity index (χ1) is 9.35. The summed E-state index contributed by atoms with van der Waals surface area (Å²) < 4.78 is 0. The Morgan fingerprint density at radius 2 is 1.11 bits per heavy atom. The third-order valence-electron chi connectivity index (χ3n) is 8.14. The standard InChI is InChI=1S/C19H30/c1-2-13-5-12(1)6-14(7-13)8-15-9-18-16-3-4-17(11-16)19(18)10-15/h12-19H,1-11H2. The lowest BCUT2D eigenvalue weighted by molar-refractivity contribution is 0.216. The lowest BCUT2D eigenvalue weighted by Crippen LogP contribution is -2.18. The van der Waals surface area contributed by atoms with Crippen LogP contribution >= 0.6 is 0 Å². The van der Waals surface area contributed by atoms with Gasteiger partial charge < -0.3 is 0 Å². The molecule has 5 rings (SSSR count). The van der Waals surface area contributed by atoms with Gasteiger partial charge in [0.05, 0.1) is 0 Å². The first kappa shape index (κ1) is 11.6. The first-order valence-electron chi connectivity index (χ1n) is 9.35. The second kappa shape index (κ2) is 4.25. The average molecular weight is 258 g/mol. The number of hydrogen-bond acceptors (Lipinski definition) is 0. The zero-order valence-electron chi connectivity index (χ0n) is 12.4. The molecule has 0 aliphatic heterocycles. The second-order valence-electron chi connectivity index (χ2n) is 9.12. The summed E-state index contributed by atoms with van der Waals surface area (Å²) in [5.41, 5.74) is 0. The fraction of sp³-hybridized carbons (Fsp3) is 1.00. The van der Waals surface area contributed by atoms with E-state index in [0.29, 0.717) is 0 Å². The zero-order chi connectivity index (χ0) is 12.4. The lowest BCUT2D eigenvalue weighted by atomic mass is 9.76. The van der Waals surface area contributed by atoms with Gasteiger partial charge in [-0.15, -0.1) is 0 Å². The van der Waals surface area contributed by atoms with Crippen LogP contribution < -0.4 is 0 Å². The SMILES string of the molecule is C1CC2CC1CC(CC1CC3C4CCC(C4)C3C1)C2. The molecule has 5 aliphatic rings. The van der Waals surface area contributed by atoms with Gasteiger partial charge in [0.25, 0.3) is 0 Å². The molecule has 106 valence electrons. The van der Waals surface area contributed by atoms with Crippen LogP contribution in [0.15, 0.2) is 0 Å². The molecule has 4 bridgehead atoms. The van der Waals surface area contributed by atoms with E-state index in [1.165, 1.54) is 23.7 Å². The van der Waals surface area contributed by atoms with Crippen LogP contribution in [-0.2, 0) is 0 Å². The summed E-state index contributed by atoms with van der Waals surface area (Å²) >= 11 is 0. The Kier molecular flexibility index (Phi) is 2.60. The van der Waals surface area contributed by atoms with E-state index >= 15 is 0 Å². The van der Waals surface area contributed by atoms with Crippen LogP contribution in [0.3, 0.4) is 0 Å². The van der Waals surface area contributed by atoms with E-state index < -0.39 is 0 Å². The predicted molar refractivity (Wildman–Crippen MR) is 78.7 cm³/mol. The summed E-state index contributed by atoms with van der Waals surface area (Å²) in [6.45, 7) is 0. The van der Waals surface area contributed by atoms with Crippen LogP contribution in [0.5, 0.6) is 0 Å². The van der Waals surface area contributed by atoms with Crippen LogP contribution in [-0.4, -0.2) is 0 Å². The van der Waals surface area contributed by atoms with Gasteiger partial charge in [0.15, 0.2) is 0 Å². The molecule has 0 spiro atoms. The molecular weight excluding hydrogens is 228 g/mol. The molecule has 0 aromatic rings. The quantitative estimate of drug-likeness (QED) is 0.632. The van der Waals surface area contributed by atoms with Gasteiger partial charge >= 0.3 is 0 Å². The Morgan fingerprint density at radius 1 is 0.526 bits per heavy atom. The lowest BCUT2D eigenvalue weighted by Gasteiger charge is -2.30. The molecular formula is C19H30. The Bertz CT molecular complexity index is 329. The molecule has 19 heavy (non-hydrogen) atoms. The highest BCUT2D eigenvalue weighted by atomic mass is 14.6. The van der Waals surface area contributed by atoms with Crippen molar-refractivity contribution in [3.63, 3.8) is 0 Å². The van der Waals surface area contributed by atoms with Gasteiger partial charge in [-0.1, -0.05) is 12.8 Å². The molecule has 0 amide bonds. The largest absolute Gasteiger partial charge is 0.0502 e. The molecule has 0 N–H and O–H groups in total. The summed E-state index contributed by atoms with van der Waals surface area (Å²) in [5, 5.41) is 0. The van der Waals surface area contributed by atoms with Crippen LogP contribution in [0.4, 0.5) is 0 Å². The van der Waals surface area contributed by atoms with Crippen LogP contribution in [0.2, 0.25) is 0 Å². The molecule has 6 atom stereocenters. The van der Waals surface area contributed by atoms with Gasteiger partial charge in [0.2, 0.25) is 0 Å². The summed E-state index contributed by atoms with van der Waals surface area (Å²) in [6, 6.07) is 0. The maximum Gasteiger partial charge on any atom is -0.0352 e. The minimum atomic E-state index is 1.15. The summed E-state index contributed by atoms with van der Waals surface area (Å²) in [4.78, 5) is 0. The predicted octanol–water partition coefficient (Wildman–Crippen LogP) is 5.28. The third-order valence-corrected chi connectivity index (χ3v) is 8.14. The van der Waals surface area contributed by atoms with E-state index in [1.54, 1.807) is 70.6 Å². The highest BCUT2D eigenvalue weighted by molar-refractivity contribution is 5.01. The van der Waals surface area contributed by atoms with Gasteiger partial charge in [-0.05, 0) is 105 Å². The fourth-order valence-electron chi connectivity index (χ4n) is 7.63. The normalized spacial score (nSPS) is 58.7. The Morgan fingerprint density at radius 3 is 1.74 bits per heavy atom. The van der Waals surface area contributed by atoms with Crippen LogP contribution in [0.1, 0.15) is 70.6 Å². The van der Waals surface area contributed by atoms with Gasteiger partial charge in [-0.2, -0.15) is 0 Å². The smallest absolute Gasteiger partial charge is 0.0352 e. The molecule has 0 aromatic heterocycles. The molecule has 0 heteroatoms. The first-order valence-corrected chi connectivity index (χ1v) is 9.35. The van der Waals surface area contributed by atoms with Gasteiger partial charge in [0, 0.05) is 0 Å². The second-order valence-corrected chi connectivity index (χ2v) is 9.12. The number of fused-ring (bicyclic) bond motifs is 7. The fourth-order valence-corrected chi connectivity index (χ4v) is 7.63. The van der Waals surface area contributed by atoms with Crippen molar-refractivity contribution in [1.29, 1.82) is 0 Å². The molecule has 0 radical (unpaired) electrons. The Labute approximate surface area is 118 Å². The number of hydrogen-bond donors (Lipinski definition) is 0. The minimum absolute atomic E-state index is 1.15. The minimum Gasteiger partial charge on any atom is -0.0502 e. The molecule has 5 saturated carbocycles. The monoisotopic (exact) mass is 258 g/mol. The van der Waals surface area contributed by atoms with Crippen molar-refractivity contribution >= 4 is 0 Å². The van der Waals surface area contributed by atoms with Crippen molar-refractivity contribution in [3.8, 4) is 0 Å². The van der Waals surface area contributed by atoms with Gasteiger partial charge in [-0.25, -0.2) is 0 Å². The van der Waals surface area contributed by atoms with Crippen molar-refractivity contribution < 1.29 is 0 Å².